The van der Waals surface area contributed by atoms with E-state index in [0.29, 0.717) is 29.0 Å². The predicted octanol–water partition coefficient (Wildman–Crippen LogP) is 4.04. The third-order valence-electron chi connectivity index (χ3n) is 4.39. The molecule has 0 spiro atoms. The van der Waals surface area contributed by atoms with E-state index in [2.05, 4.69) is 10.3 Å². The highest BCUT2D eigenvalue weighted by Gasteiger charge is 2.35. The molecule has 4 rings (SSSR count). The molecule has 27 heavy (non-hydrogen) atoms. The van der Waals surface area contributed by atoms with Crippen LogP contribution in [0.5, 0.6) is 0 Å². The van der Waals surface area contributed by atoms with Gasteiger partial charge >= 0.3 is 0 Å². The second-order valence-electron chi connectivity index (χ2n) is 6.29. The van der Waals surface area contributed by atoms with Gasteiger partial charge in [-0.05, 0) is 24.3 Å². The van der Waals surface area contributed by atoms with Crippen LogP contribution in [0.1, 0.15) is 12.2 Å². The normalized spacial score (nSPS) is 16.7. The summed E-state index contributed by atoms with van der Waals surface area (Å²) in [6.45, 7) is 0.758. The number of hydrogen-bond donors (Lipinski definition) is 1. The van der Waals surface area contributed by atoms with Gasteiger partial charge in [0.15, 0.2) is 5.13 Å². The number of hydrogen-bond acceptors (Lipinski definition) is 5. The molecule has 3 aromatic rings. The zero-order chi connectivity index (χ0) is 18.8. The number of furan rings is 1. The highest BCUT2D eigenvalue weighted by molar-refractivity contribution is 7.14. The van der Waals surface area contributed by atoms with Gasteiger partial charge in [0.2, 0.25) is 11.8 Å². The molecular formula is C19H16ClN3O3S. The van der Waals surface area contributed by atoms with Gasteiger partial charge in [0.25, 0.3) is 0 Å². The van der Waals surface area contributed by atoms with Crippen molar-refractivity contribution >= 4 is 39.9 Å². The number of likely N-dealkylation sites (tertiary alicyclic amines) is 1. The van der Waals surface area contributed by atoms with E-state index in [1.54, 1.807) is 29.4 Å². The largest absolute Gasteiger partial charge is 0.467 e. The first-order chi connectivity index (χ1) is 13.1. The molecule has 1 aliphatic rings. The Labute approximate surface area is 164 Å². The standard InChI is InChI=1S/C19H16ClN3O3S/c20-14-5-3-12(4-6-14)16-11-27-19(21-16)22-18(25)13-8-17(24)23(9-13)10-15-2-1-7-26-15/h1-7,11,13H,8-10H2,(H,21,22,25)/t13-/m1/s1. The van der Waals surface area contributed by atoms with Crippen molar-refractivity contribution < 1.29 is 14.0 Å². The number of benzene rings is 1. The molecule has 1 saturated heterocycles. The molecule has 0 bridgehead atoms. The Morgan fingerprint density at radius 2 is 2.15 bits per heavy atom. The number of carbonyl (C=O) groups excluding carboxylic acids is 2. The van der Waals surface area contributed by atoms with Gasteiger partial charge in [-0.25, -0.2) is 4.98 Å². The Balaban J connectivity index is 1.38. The molecule has 1 fully saturated rings. The summed E-state index contributed by atoms with van der Waals surface area (Å²) in [5.74, 6) is 0.0714. The molecule has 1 atom stereocenters. The Morgan fingerprint density at radius 3 is 2.89 bits per heavy atom. The molecule has 1 aromatic carbocycles. The van der Waals surface area contributed by atoms with E-state index >= 15 is 0 Å². The van der Waals surface area contributed by atoms with Crippen LogP contribution in [0.3, 0.4) is 0 Å². The Hall–Kier alpha value is -2.64. The van der Waals surface area contributed by atoms with Gasteiger partial charge in [0.05, 0.1) is 24.4 Å². The van der Waals surface area contributed by atoms with E-state index in [9.17, 15) is 9.59 Å². The predicted molar refractivity (Wildman–Crippen MR) is 103 cm³/mol. The lowest BCUT2D eigenvalue weighted by Crippen LogP contribution is -2.27. The summed E-state index contributed by atoms with van der Waals surface area (Å²) in [5.41, 5.74) is 1.70. The van der Waals surface area contributed by atoms with Crippen LogP contribution in [-0.2, 0) is 16.1 Å². The summed E-state index contributed by atoms with van der Waals surface area (Å²) < 4.78 is 5.28. The molecule has 8 heteroatoms. The van der Waals surface area contributed by atoms with E-state index in [0.717, 1.165) is 11.3 Å². The molecule has 2 aromatic heterocycles. The van der Waals surface area contributed by atoms with Crippen molar-refractivity contribution in [3.63, 3.8) is 0 Å². The van der Waals surface area contributed by atoms with Crippen LogP contribution >= 0.6 is 22.9 Å². The maximum Gasteiger partial charge on any atom is 0.231 e. The molecule has 6 nitrogen and oxygen atoms in total. The van der Waals surface area contributed by atoms with Crippen molar-refractivity contribution in [1.29, 1.82) is 0 Å². The van der Waals surface area contributed by atoms with Gasteiger partial charge in [0.1, 0.15) is 5.76 Å². The average Bonchev–Trinajstić information content (AvgIpc) is 3.39. The van der Waals surface area contributed by atoms with Crippen molar-refractivity contribution in [3.8, 4) is 11.3 Å². The summed E-state index contributed by atoms with van der Waals surface area (Å²) in [7, 11) is 0. The van der Waals surface area contributed by atoms with Crippen molar-refractivity contribution in [3.05, 3.63) is 58.8 Å². The second kappa shape index (κ2) is 7.54. The van der Waals surface area contributed by atoms with Crippen LogP contribution in [0.25, 0.3) is 11.3 Å². The van der Waals surface area contributed by atoms with Crippen LogP contribution in [-0.4, -0.2) is 28.2 Å². The highest BCUT2D eigenvalue weighted by Crippen LogP contribution is 2.27. The number of nitrogens with one attached hydrogen (secondary N) is 1. The fourth-order valence-corrected chi connectivity index (χ4v) is 3.83. The number of rotatable bonds is 5. The SMILES string of the molecule is O=C(Nc1nc(-c2ccc(Cl)cc2)cs1)[C@@H]1CC(=O)N(Cc2ccco2)C1. The molecule has 0 unspecified atom stereocenters. The fraction of sp³-hybridized carbons (Fsp3) is 0.211. The van der Waals surface area contributed by atoms with Crippen LogP contribution in [0.4, 0.5) is 5.13 Å². The summed E-state index contributed by atoms with van der Waals surface area (Å²) in [6, 6.07) is 10.9. The smallest absolute Gasteiger partial charge is 0.231 e. The zero-order valence-electron chi connectivity index (χ0n) is 14.2. The van der Waals surface area contributed by atoms with E-state index in [1.165, 1.54) is 11.3 Å². The van der Waals surface area contributed by atoms with E-state index in [4.69, 9.17) is 16.0 Å². The number of anilines is 1. The molecule has 1 N–H and O–H groups in total. The quantitative estimate of drug-likeness (QED) is 0.700. The van der Waals surface area contributed by atoms with Crippen molar-refractivity contribution in [2.24, 2.45) is 5.92 Å². The zero-order valence-corrected chi connectivity index (χ0v) is 15.8. The summed E-state index contributed by atoms with van der Waals surface area (Å²) in [6.07, 6.45) is 1.77. The van der Waals surface area contributed by atoms with Crippen LogP contribution < -0.4 is 5.32 Å². The third kappa shape index (κ3) is 4.04. The number of aromatic nitrogens is 1. The first-order valence-electron chi connectivity index (χ1n) is 8.41. The monoisotopic (exact) mass is 401 g/mol. The Bertz CT molecular complexity index is 953. The average molecular weight is 402 g/mol. The van der Waals surface area contributed by atoms with Crippen LogP contribution in [0, 0.1) is 5.92 Å². The molecule has 0 saturated carbocycles. The van der Waals surface area contributed by atoms with Gasteiger partial charge < -0.3 is 14.6 Å². The third-order valence-corrected chi connectivity index (χ3v) is 5.40. The minimum atomic E-state index is -0.393. The van der Waals surface area contributed by atoms with Gasteiger partial charge in [-0.1, -0.05) is 23.7 Å². The van der Waals surface area contributed by atoms with Gasteiger partial charge in [0, 0.05) is 28.9 Å². The number of thiazole rings is 1. The van der Waals surface area contributed by atoms with E-state index in [-0.39, 0.29) is 18.2 Å². The minimum Gasteiger partial charge on any atom is -0.467 e. The van der Waals surface area contributed by atoms with Crippen molar-refractivity contribution in [2.75, 3.05) is 11.9 Å². The lowest BCUT2D eigenvalue weighted by atomic mass is 10.1. The molecule has 3 heterocycles. The summed E-state index contributed by atoms with van der Waals surface area (Å²) in [5, 5.41) is 5.88. The molecular weight excluding hydrogens is 386 g/mol. The van der Waals surface area contributed by atoms with E-state index in [1.807, 2.05) is 23.6 Å². The molecule has 2 amide bonds. The second-order valence-corrected chi connectivity index (χ2v) is 7.58. The Kier molecular flexibility index (Phi) is 4.96. The lowest BCUT2D eigenvalue weighted by Gasteiger charge is -2.14. The first-order valence-corrected chi connectivity index (χ1v) is 9.67. The minimum absolute atomic E-state index is 0.0486. The first kappa shape index (κ1) is 17.8. The maximum absolute atomic E-state index is 12.5. The summed E-state index contributed by atoms with van der Waals surface area (Å²) >= 11 is 7.25. The topological polar surface area (TPSA) is 75.4 Å². The van der Waals surface area contributed by atoms with Gasteiger partial charge in [-0.2, -0.15) is 0 Å². The molecule has 138 valence electrons. The molecule has 1 aliphatic heterocycles. The highest BCUT2D eigenvalue weighted by atomic mass is 35.5. The van der Waals surface area contributed by atoms with E-state index < -0.39 is 5.92 Å². The maximum atomic E-state index is 12.5. The van der Waals surface area contributed by atoms with Gasteiger partial charge in [-0.3, -0.25) is 9.59 Å². The Morgan fingerprint density at radius 1 is 1.33 bits per heavy atom. The van der Waals surface area contributed by atoms with Gasteiger partial charge in [-0.15, -0.1) is 11.3 Å². The van der Waals surface area contributed by atoms with Crippen molar-refractivity contribution in [2.45, 2.75) is 13.0 Å². The number of nitrogens with zero attached hydrogens (tertiary/aromatic N) is 2. The van der Waals surface area contributed by atoms with Crippen LogP contribution in [0.15, 0.2) is 52.5 Å². The molecule has 0 radical (unpaired) electrons. The lowest BCUT2D eigenvalue weighted by molar-refractivity contribution is -0.128. The van der Waals surface area contributed by atoms with Crippen molar-refractivity contribution in [1.82, 2.24) is 9.88 Å². The number of halogens is 1. The number of amides is 2. The summed E-state index contributed by atoms with van der Waals surface area (Å²) in [4.78, 5) is 30.8. The van der Waals surface area contributed by atoms with Crippen LogP contribution in [0.2, 0.25) is 5.02 Å². The molecule has 0 aliphatic carbocycles. The number of carbonyl (C=O) groups is 2. The fourth-order valence-electron chi connectivity index (χ4n) is 2.98.